The van der Waals surface area contributed by atoms with Gasteiger partial charge in [0.25, 0.3) is 0 Å². The maximum absolute atomic E-state index is 12.8. The number of amides is 2. The zero-order valence-electron chi connectivity index (χ0n) is 25.0. The standard InChI is InChI=1S/C33H36N6O5/c1-33(2,3)44-32(41)39-18-8-12-26(39)20-35-28-21-36-29(24-11-7-17-34-19-24)38-30(28)43-27-15-13-25(14-16-27)37-31(40)42-22-23-9-5-4-6-10-23/h4-7,9-11,13-17,19,21,26,35H,8,12,18,20,22H2,1-3H3,(H,37,40). The van der Waals surface area contributed by atoms with E-state index in [1.54, 1.807) is 47.8 Å². The summed E-state index contributed by atoms with van der Waals surface area (Å²) in [7, 11) is 0. The summed E-state index contributed by atoms with van der Waals surface area (Å²) in [5.41, 5.74) is 2.19. The third kappa shape index (κ3) is 8.43. The first-order valence-corrected chi connectivity index (χ1v) is 14.5. The molecule has 5 rings (SSSR count). The second-order valence-electron chi connectivity index (χ2n) is 11.3. The molecule has 44 heavy (non-hydrogen) atoms. The molecule has 1 atom stereocenters. The number of hydrogen-bond acceptors (Lipinski definition) is 9. The molecule has 228 valence electrons. The first-order chi connectivity index (χ1) is 21.2. The fraction of sp³-hybridized carbons (Fsp3) is 0.303. The summed E-state index contributed by atoms with van der Waals surface area (Å²) in [6.07, 6.45) is 5.89. The maximum atomic E-state index is 12.8. The third-order valence-corrected chi connectivity index (χ3v) is 6.73. The molecule has 1 aliphatic heterocycles. The first kappa shape index (κ1) is 30.3. The quantitative estimate of drug-likeness (QED) is 0.212. The normalized spacial score (nSPS) is 14.5. The molecule has 1 saturated heterocycles. The van der Waals surface area contributed by atoms with Crippen molar-refractivity contribution in [2.75, 3.05) is 23.7 Å². The topological polar surface area (TPSA) is 128 Å². The van der Waals surface area contributed by atoms with E-state index in [2.05, 4.69) is 25.6 Å². The minimum Gasteiger partial charge on any atom is -0.444 e. The average molecular weight is 597 g/mol. The zero-order chi connectivity index (χ0) is 30.9. The Bertz CT molecular complexity index is 1540. The van der Waals surface area contributed by atoms with Crippen LogP contribution in [0.2, 0.25) is 0 Å². The molecule has 0 aliphatic carbocycles. The van der Waals surface area contributed by atoms with Crippen LogP contribution in [0.1, 0.15) is 39.2 Å². The molecule has 0 bridgehead atoms. The van der Waals surface area contributed by atoms with E-state index < -0.39 is 11.7 Å². The smallest absolute Gasteiger partial charge is 0.411 e. The van der Waals surface area contributed by atoms with Crippen molar-refractivity contribution in [3.8, 4) is 23.0 Å². The van der Waals surface area contributed by atoms with Crippen molar-refractivity contribution in [2.24, 2.45) is 0 Å². The highest BCUT2D eigenvalue weighted by Gasteiger charge is 2.32. The van der Waals surface area contributed by atoms with Gasteiger partial charge in [-0.05, 0) is 75.6 Å². The molecule has 2 N–H and O–H groups in total. The van der Waals surface area contributed by atoms with Crippen molar-refractivity contribution in [2.45, 2.75) is 51.9 Å². The summed E-state index contributed by atoms with van der Waals surface area (Å²) in [4.78, 5) is 40.2. The number of hydrogen-bond donors (Lipinski definition) is 2. The Morgan fingerprint density at radius 3 is 2.52 bits per heavy atom. The van der Waals surface area contributed by atoms with Crippen molar-refractivity contribution >= 4 is 23.6 Å². The highest BCUT2D eigenvalue weighted by molar-refractivity contribution is 5.84. The lowest BCUT2D eigenvalue weighted by molar-refractivity contribution is 0.0235. The van der Waals surface area contributed by atoms with E-state index in [1.807, 2.05) is 63.2 Å². The SMILES string of the molecule is CC(C)(C)OC(=O)N1CCCC1CNc1cnc(-c2cccnc2)nc1Oc1ccc(NC(=O)OCc2ccccc2)cc1. The number of nitrogens with zero attached hydrogens (tertiary/aromatic N) is 4. The third-order valence-electron chi connectivity index (χ3n) is 6.73. The van der Waals surface area contributed by atoms with Crippen LogP contribution in [0.25, 0.3) is 11.4 Å². The Hall–Kier alpha value is -5.19. The van der Waals surface area contributed by atoms with E-state index in [4.69, 9.17) is 14.2 Å². The number of carbonyl (C=O) groups excluding carboxylic acids is 2. The second-order valence-corrected chi connectivity index (χ2v) is 11.3. The fourth-order valence-corrected chi connectivity index (χ4v) is 4.63. The molecule has 11 nitrogen and oxygen atoms in total. The van der Waals surface area contributed by atoms with E-state index in [1.165, 1.54) is 0 Å². The molecule has 0 radical (unpaired) electrons. The number of carbonyl (C=O) groups is 2. The van der Waals surface area contributed by atoms with Gasteiger partial charge in [-0.15, -0.1) is 0 Å². The maximum Gasteiger partial charge on any atom is 0.411 e. The molecule has 0 saturated carbocycles. The van der Waals surface area contributed by atoms with E-state index in [9.17, 15) is 9.59 Å². The van der Waals surface area contributed by atoms with E-state index in [0.29, 0.717) is 41.9 Å². The van der Waals surface area contributed by atoms with Gasteiger partial charge in [-0.1, -0.05) is 30.3 Å². The molecule has 4 aromatic rings. The lowest BCUT2D eigenvalue weighted by Gasteiger charge is -2.29. The number of rotatable bonds is 9. The van der Waals surface area contributed by atoms with Crippen LogP contribution in [0.4, 0.5) is 21.0 Å². The van der Waals surface area contributed by atoms with Gasteiger partial charge in [0.15, 0.2) is 5.82 Å². The van der Waals surface area contributed by atoms with Crippen molar-refractivity contribution in [1.82, 2.24) is 19.9 Å². The molecule has 2 aromatic heterocycles. The average Bonchev–Trinajstić information content (AvgIpc) is 3.50. The van der Waals surface area contributed by atoms with Crippen LogP contribution in [0.5, 0.6) is 11.6 Å². The molecule has 1 fully saturated rings. The highest BCUT2D eigenvalue weighted by Crippen LogP contribution is 2.31. The van der Waals surface area contributed by atoms with E-state index in [0.717, 1.165) is 24.0 Å². The van der Waals surface area contributed by atoms with Gasteiger partial charge in [-0.2, -0.15) is 4.98 Å². The number of benzene rings is 2. The Labute approximate surface area is 256 Å². The minimum absolute atomic E-state index is 0.0531. The predicted molar refractivity (Wildman–Crippen MR) is 166 cm³/mol. The molecule has 0 spiro atoms. The Kier molecular flexibility index (Phi) is 9.53. The first-order valence-electron chi connectivity index (χ1n) is 14.5. The van der Waals surface area contributed by atoms with Crippen LogP contribution < -0.4 is 15.4 Å². The Morgan fingerprint density at radius 2 is 1.80 bits per heavy atom. The number of aromatic nitrogens is 3. The fourth-order valence-electron chi connectivity index (χ4n) is 4.63. The summed E-state index contributed by atoms with van der Waals surface area (Å²) >= 11 is 0. The number of likely N-dealkylation sites (tertiary alicyclic amines) is 1. The van der Waals surface area contributed by atoms with Gasteiger partial charge in [-0.3, -0.25) is 10.3 Å². The van der Waals surface area contributed by atoms with Gasteiger partial charge >= 0.3 is 12.2 Å². The molecular formula is C33H36N6O5. The molecular weight excluding hydrogens is 560 g/mol. The lowest BCUT2D eigenvalue weighted by Crippen LogP contribution is -2.42. The summed E-state index contributed by atoms with van der Waals surface area (Å²) in [6.45, 7) is 6.87. The second kappa shape index (κ2) is 13.9. The minimum atomic E-state index is -0.567. The zero-order valence-corrected chi connectivity index (χ0v) is 25.0. The summed E-state index contributed by atoms with van der Waals surface area (Å²) in [6, 6.07) is 20.0. The van der Waals surface area contributed by atoms with Gasteiger partial charge in [0, 0.05) is 36.7 Å². The predicted octanol–water partition coefficient (Wildman–Crippen LogP) is 6.89. The lowest BCUT2D eigenvalue weighted by atomic mass is 10.2. The van der Waals surface area contributed by atoms with Gasteiger partial charge in [-0.25, -0.2) is 14.6 Å². The van der Waals surface area contributed by atoms with Crippen molar-refractivity contribution in [3.63, 3.8) is 0 Å². The number of pyridine rings is 1. The molecule has 3 heterocycles. The molecule has 1 unspecified atom stereocenters. The summed E-state index contributed by atoms with van der Waals surface area (Å²) in [5.74, 6) is 1.27. The van der Waals surface area contributed by atoms with Crippen molar-refractivity contribution in [3.05, 3.63) is 90.9 Å². The molecule has 11 heteroatoms. The number of nitrogens with one attached hydrogen (secondary N) is 2. The summed E-state index contributed by atoms with van der Waals surface area (Å²) < 4.78 is 17.1. The van der Waals surface area contributed by atoms with Crippen LogP contribution in [-0.4, -0.2) is 56.8 Å². The van der Waals surface area contributed by atoms with Crippen LogP contribution in [0.15, 0.2) is 85.3 Å². The van der Waals surface area contributed by atoms with Crippen molar-refractivity contribution in [1.29, 1.82) is 0 Å². The molecule has 2 amide bonds. The van der Waals surface area contributed by atoms with Gasteiger partial charge in [0.1, 0.15) is 23.6 Å². The van der Waals surface area contributed by atoms with Crippen LogP contribution >= 0.6 is 0 Å². The van der Waals surface area contributed by atoms with Gasteiger partial charge in [0.05, 0.1) is 12.2 Å². The largest absolute Gasteiger partial charge is 0.444 e. The van der Waals surface area contributed by atoms with E-state index in [-0.39, 0.29) is 18.7 Å². The van der Waals surface area contributed by atoms with Gasteiger partial charge < -0.3 is 24.4 Å². The van der Waals surface area contributed by atoms with Crippen LogP contribution in [0.3, 0.4) is 0 Å². The number of ether oxygens (including phenoxy) is 3. The van der Waals surface area contributed by atoms with Gasteiger partial charge in [0.2, 0.25) is 5.88 Å². The summed E-state index contributed by atoms with van der Waals surface area (Å²) in [5, 5.41) is 6.10. The Balaban J connectivity index is 1.27. The van der Waals surface area contributed by atoms with Crippen molar-refractivity contribution < 1.29 is 23.8 Å². The molecule has 2 aromatic carbocycles. The van der Waals surface area contributed by atoms with Crippen LogP contribution in [0, 0.1) is 0 Å². The Morgan fingerprint density at radius 1 is 1.00 bits per heavy atom. The monoisotopic (exact) mass is 596 g/mol. The molecule has 1 aliphatic rings. The number of anilines is 2. The van der Waals surface area contributed by atoms with E-state index >= 15 is 0 Å². The highest BCUT2D eigenvalue weighted by atomic mass is 16.6. The van der Waals surface area contributed by atoms with Crippen LogP contribution in [-0.2, 0) is 16.1 Å².